The Hall–Kier alpha value is -0.650. The highest BCUT2D eigenvalue weighted by Crippen LogP contribution is 2.32. The lowest BCUT2D eigenvalue weighted by Gasteiger charge is -2.34. The van der Waals surface area contributed by atoms with E-state index in [4.69, 9.17) is 0 Å². The van der Waals surface area contributed by atoms with Crippen molar-refractivity contribution in [3.05, 3.63) is 11.6 Å². The summed E-state index contributed by atoms with van der Waals surface area (Å²) in [6, 6.07) is 0.719. The van der Waals surface area contributed by atoms with Gasteiger partial charge in [-0.05, 0) is 25.7 Å². The molecule has 2 fully saturated rings. The van der Waals surface area contributed by atoms with Gasteiger partial charge in [-0.1, -0.05) is 0 Å². The first-order valence-corrected chi connectivity index (χ1v) is 8.31. The van der Waals surface area contributed by atoms with Crippen molar-refractivity contribution >= 4 is 16.5 Å². The van der Waals surface area contributed by atoms with Crippen molar-refractivity contribution in [2.24, 2.45) is 5.92 Å². The van der Waals surface area contributed by atoms with Crippen LogP contribution >= 0.6 is 11.3 Å². The molecule has 1 saturated heterocycles. The van der Waals surface area contributed by atoms with E-state index in [1.54, 1.807) is 11.3 Å². The minimum absolute atomic E-state index is 0.719. The molecule has 1 aliphatic carbocycles. The van der Waals surface area contributed by atoms with Crippen LogP contribution in [0.5, 0.6) is 0 Å². The van der Waals surface area contributed by atoms with Gasteiger partial charge in [0.15, 0.2) is 5.13 Å². The largest absolute Gasteiger partial charge is 0.346 e. The molecule has 5 heteroatoms. The van der Waals surface area contributed by atoms with Crippen LogP contribution in [0.25, 0.3) is 0 Å². The van der Waals surface area contributed by atoms with E-state index in [0.29, 0.717) is 0 Å². The number of rotatable bonds is 6. The van der Waals surface area contributed by atoms with E-state index in [1.807, 2.05) is 6.20 Å². The van der Waals surface area contributed by atoms with E-state index < -0.39 is 0 Å². The van der Waals surface area contributed by atoms with Gasteiger partial charge in [0.05, 0.1) is 0 Å². The standard InChI is InChI=1S/C14H24N4S/c1-12(13-2-3-13)15-4-6-17-7-9-18(10-8-17)14-16-5-11-19-14/h5,11-13,15H,2-4,6-10H2,1H3. The molecule has 1 saturated carbocycles. The van der Waals surface area contributed by atoms with Crippen molar-refractivity contribution in [2.45, 2.75) is 25.8 Å². The molecule has 3 rings (SSSR count). The van der Waals surface area contributed by atoms with Crippen LogP contribution in [0.15, 0.2) is 11.6 Å². The summed E-state index contributed by atoms with van der Waals surface area (Å²) in [4.78, 5) is 9.36. The maximum Gasteiger partial charge on any atom is 0.185 e. The zero-order chi connectivity index (χ0) is 13.1. The third-order valence-electron chi connectivity index (χ3n) is 4.29. The summed E-state index contributed by atoms with van der Waals surface area (Å²) in [6.07, 6.45) is 4.76. The fourth-order valence-corrected chi connectivity index (χ4v) is 3.44. The first-order chi connectivity index (χ1) is 9.33. The third-order valence-corrected chi connectivity index (χ3v) is 5.12. The van der Waals surface area contributed by atoms with E-state index in [1.165, 1.54) is 37.6 Å². The maximum absolute atomic E-state index is 4.39. The van der Waals surface area contributed by atoms with E-state index in [9.17, 15) is 0 Å². The van der Waals surface area contributed by atoms with Crippen LogP contribution in [0.3, 0.4) is 0 Å². The first kappa shape index (κ1) is 13.3. The Morgan fingerprint density at radius 3 is 2.79 bits per heavy atom. The smallest absolute Gasteiger partial charge is 0.185 e. The average molecular weight is 280 g/mol. The summed E-state index contributed by atoms with van der Waals surface area (Å²) >= 11 is 1.75. The summed E-state index contributed by atoms with van der Waals surface area (Å²) in [5, 5.41) is 6.91. The molecule has 0 spiro atoms. The fraction of sp³-hybridized carbons (Fsp3) is 0.786. The van der Waals surface area contributed by atoms with Crippen molar-refractivity contribution in [3.8, 4) is 0 Å². The van der Waals surface area contributed by atoms with E-state index in [2.05, 4.69) is 32.4 Å². The SMILES string of the molecule is CC(NCCN1CCN(c2nccs2)CC1)C1CC1. The van der Waals surface area contributed by atoms with Crippen molar-refractivity contribution in [1.82, 2.24) is 15.2 Å². The van der Waals surface area contributed by atoms with Crippen LogP contribution in [-0.2, 0) is 0 Å². The minimum Gasteiger partial charge on any atom is -0.346 e. The second-order valence-electron chi connectivity index (χ2n) is 5.72. The quantitative estimate of drug-likeness (QED) is 0.858. The van der Waals surface area contributed by atoms with Gasteiger partial charge in [-0.25, -0.2) is 4.98 Å². The molecular weight excluding hydrogens is 256 g/mol. The molecular formula is C14H24N4S. The summed E-state index contributed by atoms with van der Waals surface area (Å²) < 4.78 is 0. The molecule has 0 bridgehead atoms. The van der Waals surface area contributed by atoms with Crippen LogP contribution in [0.4, 0.5) is 5.13 Å². The highest BCUT2D eigenvalue weighted by molar-refractivity contribution is 7.13. The van der Waals surface area contributed by atoms with Gasteiger partial charge in [0, 0.05) is 56.9 Å². The van der Waals surface area contributed by atoms with Gasteiger partial charge < -0.3 is 10.2 Å². The Balaban J connectivity index is 1.33. The molecule has 1 atom stereocenters. The molecule has 19 heavy (non-hydrogen) atoms. The number of hydrogen-bond donors (Lipinski definition) is 1. The monoisotopic (exact) mass is 280 g/mol. The van der Waals surface area contributed by atoms with Crippen molar-refractivity contribution in [1.29, 1.82) is 0 Å². The fourth-order valence-electron chi connectivity index (χ4n) is 2.75. The van der Waals surface area contributed by atoms with E-state index in [-0.39, 0.29) is 0 Å². The van der Waals surface area contributed by atoms with E-state index in [0.717, 1.165) is 31.6 Å². The van der Waals surface area contributed by atoms with Crippen LogP contribution in [0, 0.1) is 5.92 Å². The molecule has 1 aromatic rings. The molecule has 2 heterocycles. The molecule has 106 valence electrons. The summed E-state index contributed by atoms with van der Waals surface area (Å²) in [6.45, 7) is 9.21. The highest BCUT2D eigenvalue weighted by Gasteiger charge is 2.27. The van der Waals surface area contributed by atoms with Gasteiger partial charge in [0.1, 0.15) is 0 Å². The number of thiazole rings is 1. The van der Waals surface area contributed by atoms with Gasteiger partial charge in [-0.15, -0.1) is 11.3 Å². The van der Waals surface area contributed by atoms with Crippen molar-refractivity contribution < 1.29 is 0 Å². The summed E-state index contributed by atoms with van der Waals surface area (Å²) in [5.41, 5.74) is 0. The average Bonchev–Trinajstić information content (AvgIpc) is 3.15. The maximum atomic E-state index is 4.39. The Bertz CT molecular complexity index is 369. The Kier molecular flexibility index (Phi) is 4.35. The molecule has 2 aliphatic rings. The summed E-state index contributed by atoms with van der Waals surface area (Å²) in [5.74, 6) is 0.960. The van der Waals surface area contributed by atoms with Gasteiger partial charge in [-0.2, -0.15) is 0 Å². The van der Waals surface area contributed by atoms with Gasteiger partial charge >= 0.3 is 0 Å². The third kappa shape index (κ3) is 3.68. The second-order valence-corrected chi connectivity index (χ2v) is 6.60. The number of hydrogen-bond acceptors (Lipinski definition) is 5. The van der Waals surface area contributed by atoms with Crippen molar-refractivity contribution in [2.75, 3.05) is 44.2 Å². The molecule has 1 unspecified atom stereocenters. The topological polar surface area (TPSA) is 31.4 Å². The van der Waals surface area contributed by atoms with Crippen molar-refractivity contribution in [3.63, 3.8) is 0 Å². The predicted molar refractivity (Wildman–Crippen MR) is 81.0 cm³/mol. The highest BCUT2D eigenvalue weighted by atomic mass is 32.1. The predicted octanol–water partition coefficient (Wildman–Crippen LogP) is 1.65. The minimum atomic E-state index is 0.719. The molecule has 1 aliphatic heterocycles. The zero-order valence-corrected chi connectivity index (χ0v) is 12.5. The Morgan fingerprint density at radius 2 is 2.16 bits per heavy atom. The number of nitrogens with zero attached hydrogens (tertiary/aromatic N) is 3. The van der Waals surface area contributed by atoms with E-state index >= 15 is 0 Å². The molecule has 4 nitrogen and oxygen atoms in total. The number of nitrogens with one attached hydrogen (secondary N) is 1. The second kappa shape index (κ2) is 6.20. The van der Waals surface area contributed by atoms with Gasteiger partial charge in [-0.3, -0.25) is 4.90 Å². The Morgan fingerprint density at radius 1 is 1.37 bits per heavy atom. The molecule has 1 aromatic heterocycles. The van der Waals surface area contributed by atoms with Gasteiger partial charge in [0.25, 0.3) is 0 Å². The molecule has 0 amide bonds. The lowest BCUT2D eigenvalue weighted by atomic mass is 10.2. The van der Waals surface area contributed by atoms with Crippen LogP contribution in [0.2, 0.25) is 0 Å². The summed E-state index contributed by atoms with van der Waals surface area (Å²) in [7, 11) is 0. The lowest BCUT2D eigenvalue weighted by molar-refractivity contribution is 0.253. The number of anilines is 1. The normalized spacial score (nSPS) is 22.7. The zero-order valence-electron chi connectivity index (χ0n) is 11.7. The van der Waals surface area contributed by atoms with Crippen LogP contribution < -0.4 is 10.2 Å². The lowest BCUT2D eigenvalue weighted by Crippen LogP contribution is -2.48. The first-order valence-electron chi connectivity index (χ1n) is 7.43. The number of aromatic nitrogens is 1. The molecule has 0 radical (unpaired) electrons. The molecule has 1 N–H and O–H groups in total. The van der Waals surface area contributed by atoms with Gasteiger partial charge in [0.2, 0.25) is 0 Å². The Labute approximate surface area is 119 Å². The van der Waals surface area contributed by atoms with Crippen LogP contribution in [0.1, 0.15) is 19.8 Å². The number of piperazine rings is 1. The van der Waals surface area contributed by atoms with Crippen LogP contribution in [-0.4, -0.2) is 55.2 Å². The molecule has 0 aromatic carbocycles.